The molecule has 4 unspecified atom stereocenters. The molecule has 2 nitrogen and oxygen atoms in total. The number of rotatable bonds is 2. The first-order valence-corrected chi connectivity index (χ1v) is 10.1. The van der Waals surface area contributed by atoms with E-state index < -0.39 is 5.60 Å². The van der Waals surface area contributed by atoms with Gasteiger partial charge in [-0.15, -0.1) is 0 Å². The second-order valence-corrected chi connectivity index (χ2v) is 8.58. The number of allylic oxidation sites excluding steroid dienone is 1. The molecule has 0 aromatic heterocycles. The topological polar surface area (TPSA) is 29.5 Å². The number of hydrogen-bond acceptors (Lipinski definition) is 2. The van der Waals surface area contributed by atoms with Crippen LogP contribution in [0.1, 0.15) is 49.7 Å². The minimum atomic E-state index is -0.641. The molecule has 0 amide bonds. The molecule has 4 rings (SSSR count). The van der Waals surface area contributed by atoms with E-state index in [0.717, 1.165) is 31.4 Å². The summed E-state index contributed by atoms with van der Waals surface area (Å²) in [4.78, 5) is 0. The molecule has 1 N–H and O–H groups in total. The summed E-state index contributed by atoms with van der Waals surface area (Å²) in [6.45, 7) is 2.31. The zero-order chi connectivity index (χ0) is 16.9. The van der Waals surface area contributed by atoms with Gasteiger partial charge in [0.2, 0.25) is 0 Å². The first kappa shape index (κ1) is 16.6. The molecule has 2 fully saturated rings. The zero-order valence-corrected chi connectivity index (χ0v) is 16.5. The molecule has 0 saturated heterocycles. The molecule has 0 heterocycles. The van der Waals surface area contributed by atoms with E-state index in [0.29, 0.717) is 17.8 Å². The van der Waals surface area contributed by atoms with Crippen molar-refractivity contribution < 1.29 is 9.84 Å². The Labute approximate surface area is 158 Å². The zero-order valence-electron chi connectivity index (χ0n) is 14.3. The van der Waals surface area contributed by atoms with Crippen LogP contribution < -0.4 is 4.74 Å². The van der Waals surface area contributed by atoms with Crippen LogP contribution in [0.4, 0.5) is 0 Å². The second-order valence-electron chi connectivity index (χ2n) is 7.86. The molecule has 1 aromatic carbocycles. The number of halogens is 1. The van der Waals surface area contributed by atoms with E-state index in [1.807, 2.05) is 10.2 Å². The van der Waals surface area contributed by atoms with Crippen LogP contribution in [0.2, 0.25) is 0 Å². The SMILES string of the molecule is COc1ccc2c(c1)C=CC1C2CC[C@@]2(C)C1CCC2(O)/C=C\[125I]. The van der Waals surface area contributed by atoms with Gasteiger partial charge >= 0.3 is 0 Å². The van der Waals surface area contributed by atoms with Crippen LogP contribution in [-0.2, 0) is 0 Å². The van der Waals surface area contributed by atoms with Crippen LogP contribution in [0, 0.1) is 17.3 Å². The Bertz CT molecular complexity index is 710. The van der Waals surface area contributed by atoms with Gasteiger partial charge in [-0.2, -0.15) is 0 Å². The predicted molar refractivity (Wildman–Crippen MR) is 106 cm³/mol. The van der Waals surface area contributed by atoms with Gasteiger partial charge in [0.15, 0.2) is 0 Å². The molecule has 3 aliphatic carbocycles. The summed E-state index contributed by atoms with van der Waals surface area (Å²) in [5, 5.41) is 11.3. The molecule has 1 aromatic rings. The highest BCUT2D eigenvalue weighted by atomic mass is 125. The van der Waals surface area contributed by atoms with Crippen molar-refractivity contribution in [2.75, 3.05) is 7.11 Å². The molecule has 0 radical (unpaired) electrons. The fourth-order valence-electron chi connectivity index (χ4n) is 5.63. The molecular weight excluding hydrogens is 409 g/mol. The Hall–Kier alpha value is -0.810. The van der Waals surface area contributed by atoms with Crippen molar-refractivity contribution >= 4 is 28.7 Å². The lowest BCUT2D eigenvalue weighted by molar-refractivity contribution is -0.0614. The average Bonchev–Trinajstić information content (AvgIpc) is 2.86. The number of methoxy groups -OCH3 is 1. The van der Waals surface area contributed by atoms with Crippen molar-refractivity contribution in [3.8, 4) is 5.75 Å². The van der Waals surface area contributed by atoms with E-state index in [1.165, 1.54) is 11.1 Å². The highest BCUT2D eigenvalue weighted by molar-refractivity contribution is 14.1. The minimum Gasteiger partial charge on any atom is -0.497 e. The molecule has 3 heteroatoms. The van der Waals surface area contributed by atoms with E-state index in [2.05, 4.69) is 59.9 Å². The summed E-state index contributed by atoms with van der Waals surface area (Å²) in [7, 11) is 1.73. The van der Waals surface area contributed by atoms with Gasteiger partial charge in [0.1, 0.15) is 5.75 Å². The van der Waals surface area contributed by atoms with E-state index in [1.54, 1.807) is 7.11 Å². The summed E-state index contributed by atoms with van der Waals surface area (Å²) in [5.74, 6) is 2.61. The smallest absolute Gasteiger partial charge is 0.119 e. The van der Waals surface area contributed by atoms with Crippen molar-refractivity contribution in [2.24, 2.45) is 17.3 Å². The lowest BCUT2D eigenvalue weighted by atomic mass is 9.54. The van der Waals surface area contributed by atoms with Gasteiger partial charge in [0.25, 0.3) is 0 Å². The van der Waals surface area contributed by atoms with E-state index in [9.17, 15) is 5.11 Å². The largest absolute Gasteiger partial charge is 0.497 e. The van der Waals surface area contributed by atoms with Gasteiger partial charge < -0.3 is 9.84 Å². The van der Waals surface area contributed by atoms with Crippen molar-refractivity contribution in [1.29, 1.82) is 0 Å². The third-order valence-electron chi connectivity index (χ3n) is 7.08. The third-order valence-corrected chi connectivity index (χ3v) is 7.44. The summed E-state index contributed by atoms with van der Waals surface area (Å²) < 4.78 is 7.38. The molecule has 3 aliphatic rings. The van der Waals surface area contributed by atoms with Crippen molar-refractivity contribution in [1.82, 2.24) is 0 Å². The predicted octanol–water partition coefficient (Wildman–Crippen LogP) is 5.31. The van der Waals surface area contributed by atoms with E-state index >= 15 is 0 Å². The standard InChI is InChI=1S/C21H25IO2/c1-20-9-7-17-16-6-4-15(24-2)13-14(16)3-5-18(17)19(20)8-10-21(20,23)11-12-22/h3-6,11-13,17-19,23H,7-10H2,1-2H3/b12-11-/t17?,18?,19?,20-,21?/m0/s1/i22-2. The lowest BCUT2D eigenvalue weighted by Crippen LogP contribution is -2.49. The van der Waals surface area contributed by atoms with Crippen LogP contribution >= 0.6 is 22.6 Å². The minimum absolute atomic E-state index is 0.00977. The maximum Gasteiger partial charge on any atom is 0.119 e. The highest BCUT2D eigenvalue weighted by Gasteiger charge is 2.60. The van der Waals surface area contributed by atoms with Gasteiger partial charge in [-0.1, -0.05) is 47.7 Å². The Morgan fingerprint density at radius 2 is 2.12 bits per heavy atom. The maximum absolute atomic E-state index is 11.3. The summed E-state index contributed by atoms with van der Waals surface area (Å²) in [5.41, 5.74) is 2.12. The van der Waals surface area contributed by atoms with Crippen molar-refractivity contribution in [3.05, 3.63) is 45.6 Å². The normalized spacial score (nSPS) is 40.2. The fraction of sp³-hybridized carbons (Fsp3) is 0.524. The van der Waals surface area contributed by atoms with Crippen molar-refractivity contribution in [3.63, 3.8) is 0 Å². The summed E-state index contributed by atoms with van der Waals surface area (Å²) in [6.07, 6.45) is 11.0. The number of benzene rings is 1. The number of fused-ring (bicyclic) bond motifs is 5. The Kier molecular flexibility index (Phi) is 4.07. The molecule has 2 saturated carbocycles. The van der Waals surface area contributed by atoms with Gasteiger partial charge in [0.05, 0.1) is 12.7 Å². The van der Waals surface area contributed by atoms with E-state index in [-0.39, 0.29) is 5.41 Å². The molecular formula is C21H25IO2. The maximum atomic E-state index is 11.3. The highest BCUT2D eigenvalue weighted by Crippen LogP contribution is 2.64. The molecule has 24 heavy (non-hydrogen) atoms. The van der Waals surface area contributed by atoms with Crippen LogP contribution in [0.25, 0.3) is 6.08 Å². The Balaban J connectivity index is 1.71. The molecule has 0 spiro atoms. The van der Waals surface area contributed by atoms with Crippen molar-refractivity contribution in [2.45, 2.75) is 44.1 Å². The van der Waals surface area contributed by atoms with Gasteiger partial charge in [-0.3, -0.25) is 0 Å². The lowest BCUT2D eigenvalue weighted by Gasteiger charge is -2.51. The van der Waals surface area contributed by atoms with Crippen LogP contribution in [-0.4, -0.2) is 17.8 Å². The monoisotopic (exact) mass is 434 g/mol. The Morgan fingerprint density at radius 3 is 2.88 bits per heavy atom. The number of aliphatic hydroxyl groups is 1. The first-order valence-electron chi connectivity index (χ1n) is 8.89. The van der Waals surface area contributed by atoms with Gasteiger partial charge in [0, 0.05) is 5.41 Å². The molecule has 5 atom stereocenters. The molecule has 128 valence electrons. The third kappa shape index (κ3) is 2.23. The van der Waals surface area contributed by atoms with Crippen LogP contribution in [0.5, 0.6) is 5.75 Å². The summed E-state index contributed by atoms with van der Waals surface area (Å²) >= 11 is 2.24. The second kappa shape index (κ2) is 5.87. The van der Waals surface area contributed by atoms with Gasteiger partial charge in [-0.05, 0) is 76.9 Å². The average molecular weight is 434 g/mol. The van der Waals surface area contributed by atoms with Crippen LogP contribution in [0.15, 0.2) is 34.4 Å². The van der Waals surface area contributed by atoms with Crippen LogP contribution in [0.3, 0.4) is 0 Å². The molecule has 0 aliphatic heterocycles. The first-order chi connectivity index (χ1) is 11.5. The molecule has 0 bridgehead atoms. The number of hydrogen-bond donors (Lipinski definition) is 1. The quantitative estimate of drug-likeness (QED) is 0.640. The Morgan fingerprint density at radius 1 is 1.29 bits per heavy atom. The van der Waals surface area contributed by atoms with Gasteiger partial charge in [-0.25, -0.2) is 0 Å². The number of ether oxygens (including phenoxy) is 1. The fourth-order valence-corrected chi connectivity index (χ4v) is 6.23. The van der Waals surface area contributed by atoms with E-state index in [4.69, 9.17) is 4.74 Å². The summed E-state index contributed by atoms with van der Waals surface area (Å²) in [6, 6.07) is 6.50.